The fraction of sp³-hybridized carbons (Fsp3) is 0.0526. The van der Waals surface area contributed by atoms with Gasteiger partial charge in [0, 0.05) is 86.0 Å². The first-order valence-electron chi connectivity index (χ1n) is 21.8. The van der Waals surface area contributed by atoms with Crippen LogP contribution in [0.3, 0.4) is 0 Å². The van der Waals surface area contributed by atoms with Crippen LogP contribution in [0.15, 0.2) is 194 Å². The van der Waals surface area contributed by atoms with Crippen molar-refractivity contribution in [1.29, 1.82) is 0 Å². The van der Waals surface area contributed by atoms with Crippen LogP contribution in [-0.4, -0.2) is 11.3 Å². The Kier molecular flexibility index (Phi) is 6.93. The van der Waals surface area contributed by atoms with E-state index in [1.54, 1.807) is 0 Å². The van der Waals surface area contributed by atoms with Crippen molar-refractivity contribution in [2.75, 3.05) is 14.7 Å². The normalized spacial score (nSPS) is 14.0. The lowest BCUT2D eigenvalue weighted by Gasteiger charge is -2.41. The van der Waals surface area contributed by atoms with Crippen LogP contribution in [0.1, 0.15) is 27.8 Å². The van der Waals surface area contributed by atoms with Gasteiger partial charge in [-0.25, -0.2) is 0 Å². The Hall–Kier alpha value is -7.76. The van der Waals surface area contributed by atoms with Crippen LogP contribution in [0.2, 0.25) is 0 Å². The Balaban J connectivity index is 1.11. The predicted octanol–water partition coefficient (Wildman–Crippen LogP) is 12.5. The van der Waals surface area contributed by atoms with E-state index in [0.29, 0.717) is 0 Å². The Labute approximate surface area is 361 Å². The average Bonchev–Trinajstić information content (AvgIpc) is 3.65. The molecule has 5 heterocycles. The van der Waals surface area contributed by atoms with Gasteiger partial charge in [-0.2, -0.15) is 0 Å². The number of rotatable bonds is 3. The first-order valence-corrected chi connectivity index (χ1v) is 21.8. The maximum Gasteiger partial charge on any atom is 0.252 e. The van der Waals surface area contributed by atoms with Crippen LogP contribution in [0, 0.1) is 6.92 Å². The van der Waals surface area contributed by atoms with Gasteiger partial charge in [-0.3, -0.25) is 0 Å². The lowest BCUT2D eigenvalue weighted by Crippen LogP contribution is -2.60. The molecule has 0 unspecified atom stereocenters. The molecule has 1 aromatic heterocycles. The summed E-state index contributed by atoms with van der Waals surface area (Å²) in [5.74, 6) is 0. The van der Waals surface area contributed by atoms with Gasteiger partial charge in [0.25, 0.3) is 6.71 Å². The van der Waals surface area contributed by atoms with Gasteiger partial charge in [0.1, 0.15) is 0 Å². The molecule has 10 aromatic rings. The van der Waals surface area contributed by atoms with Crippen molar-refractivity contribution in [1.82, 2.24) is 4.57 Å². The standard InChI is InChI=1S/C57H39BN4/c1-36-29-54-56-55(30-36)62-52-28-27-42(60-48-22-10-5-15-37(48)31-38-16-6-11-23-49(38)60)33-44(52)45-34-43(61-50-24-12-7-17-39(50)32-40-18-8-13-25-51(40)61)35-47(57(45)62)58(56)46-21-9-14-26-53(46)59(54)41-19-3-2-4-20-41/h2-30,33-35H,31-32H2,1H3. The fourth-order valence-electron chi connectivity index (χ4n) is 11.5. The van der Waals surface area contributed by atoms with Gasteiger partial charge in [-0.15, -0.1) is 0 Å². The molecule has 0 aliphatic carbocycles. The highest BCUT2D eigenvalue weighted by Gasteiger charge is 2.43. The summed E-state index contributed by atoms with van der Waals surface area (Å²) in [6.45, 7) is 2.28. The van der Waals surface area contributed by atoms with Gasteiger partial charge in [0.2, 0.25) is 0 Å². The number of hydrogen-bond acceptors (Lipinski definition) is 3. The van der Waals surface area contributed by atoms with Crippen LogP contribution < -0.4 is 31.1 Å². The van der Waals surface area contributed by atoms with Gasteiger partial charge in [-0.05, 0) is 136 Å². The van der Waals surface area contributed by atoms with E-state index >= 15 is 0 Å². The molecular formula is C57H39BN4. The number of aromatic nitrogens is 1. The SMILES string of the molecule is Cc1cc2c3c(c1)-n1c4ccc(N5c6ccccc6Cc6ccccc65)cc4c4cc(N5c6ccccc6Cc6ccccc65)cc(c41)B3c1ccccc1N2c1ccccc1. The number of nitrogens with zero attached hydrogens (tertiary/aromatic N) is 4. The number of benzene rings is 9. The molecule has 4 aliphatic heterocycles. The van der Waals surface area contributed by atoms with Gasteiger partial charge < -0.3 is 19.3 Å². The number of para-hydroxylation sites is 6. The molecule has 0 radical (unpaired) electrons. The molecule has 0 fully saturated rings. The summed E-state index contributed by atoms with van der Waals surface area (Å²) in [4.78, 5) is 7.51. The molecule has 290 valence electrons. The van der Waals surface area contributed by atoms with Crippen molar-refractivity contribution in [2.24, 2.45) is 0 Å². The molecule has 4 aliphatic rings. The van der Waals surface area contributed by atoms with Gasteiger partial charge in [0.05, 0.1) is 5.52 Å². The summed E-state index contributed by atoms with van der Waals surface area (Å²) < 4.78 is 2.60. The van der Waals surface area contributed by atoms with Gasteiger partial charge in [-0.1, -0.05) is 109 Å². The molecule has 4 nitrogen and oxygen atoms in total. The summed E-state index contributed by atoms with van der Waals surface area (Å²) in [6.07, 6.45) is 1.85. The van der Waals surface area contributed by atoms with Crippen LogP contribution >= 0.6 is 0 Å². The third-order valence-electron chi connectivity index (χ3n) is 13.9. The molecule has 0 saturated carbocycles. The van der Waals surface area contributed by atoms with Crippen molar-refractivity contribution in [2.45, 2.75) is 19.8 Å². The monoisotopic (exact) mass is 790 g/mol. The lowest BCUT2D eigenvalue weighted by atomic mass is 9.33. The molecule has 5 heteroatoms. The minimum absolute atomic E-state index is 0.0200. The average molecular weight is 791 g/mol. The minimum atomic E-state index is 0.0200. The van der Waals surface area contributed by atoms with Gasteiger partial charge >= 0.3 is 0 Å². The van der Waals surface area contributed by atoms with E-state index in [-0.39, 0.29) is 6.71 Å². The first-order chi connectivity index (χ1) is 30.7. The molecular weight excluding hydrogens is 751 g/mol. The second-order valence-electron chi connectivity index (χ2n) is 17.4. The zero-order valence-corrected chi connectivity index (χ0v) is 34.3. The summed E-state index contributed by atoms with van der Waals surface area (Å²) >= 11 is 0. The summed E-state index contributed by atoms with van der Waals surface area (Å²) in [5, 5.41) is 2.52. The third-order valence-corrected chi connectivity index (χ3v) is 13.9. The molecule has 0 N–H and O–H groups in total. The Morgan fingerprint density at radius 1 is 0.371 bits per heavy atom. The Bertz CT molecular complexity index is 3440. The highest BCUT2D eigenvalue weighted by atomic mass is 15.2. The second kappa shape index (κ2) is 12.6. The number of hydrogen-bond donors (Lipinski definition) is 0. The maximum atomic E-state index is 2.60. The van der Waals surface area contributed by atoms with E-state index in [1.807, 2.05) is 0 Å². The molecule has 0 bridgehead atoms. The molecule has 0 amide bonds. The highest BCUT2D eigenvalue weighted by molar-refractivity contribution is 7.00. The molecule has 62 heavy (non-hydrogen) atoms. The van der Waals surface area contributed by atoms with Crippen molar-refractivity contribution in [3.63, 3.8) is 0 Å². The summed E-state index contributed by atoms with van der Waals surface area (Å²) in [5.41, 5.74) is 25.4. The Morgan fingerprint density at radius 3 is 1.50 bits per heavy atom. The van der Waals surface area contributed by atoms with E-state index in [4.69, 9.17) is 0 Å². The van der Waals surface area contributed by atoms with Crippen molar-refractivity contribution >= 4 is 96.1 Å². The van der Waals surface area contributed by atoms with Crippen LogP contribution in [0.4, 0.5) is 51.2 Å². The minimum Gasteiger partial charge on any atom is -0.311 e. The molecule has 9 aromatic carbocycles. The fourth-order valence-corrected chi connectivity index (χ4v) is 11.5. The number of fused-ring (bicyclic) bond motifs is 11. The second-order valence-corrected chi connectivity index (χ2v) is 17.4. The van der Waals surface area contributed by atoms with E-state index < -0.39 is 0 Å². The molecule has 0 spiro atoms. The van der Waals surface area contributed by atoms with Crippen LogP contribution in [-0.2, 0) is 12.8 Å². The van der Waals surface area contributed by atoms with E-state index in [1.165, 1.54) is 123 Å². The van der Waals surface area contributed by atoms with Crippen LogP contribution in [0.25, 0.3) is 27.5 Å². The van der Waals surface area contributed by atoms with Crippen molar-refractivity contribution in [3.8, 4) is 5.69 Å². The molecule has 0 atom stereocenters. The Morgan fingerprint density at radius 2 is 0.871 bits per heavy atom. The maximum absolute atomic E-state index is 2.60. The third kappa shape index (κ3) is 4.62. The lowest BCUT2D eigenvalue weighted by molar-refractivity contribution is 1.09. The first kappa shape index (κ1) is 34.0. The van der Waals surface area contributed by atoms with Crippen molar-refractivity contribution in [3.05, 3.63) is 222 Å². The zero-order chi connectivity index (χ0) is 40.6. The highest BCUT2D eigenvalue weighted by Crippen LogP contribution is 2.49. The summed E-state index contributed by atoms with van der Waals surface area (Å²) in [6, 6.07) is 72.9. The van der Waals surface area contributed by atoms with Crippen LogP contribution in [0.5, 0.6) is 0 Å². The van der Waals surface area contributed by atoms with Gasteiger partial charge in [0.15, 0.2) is 0 Å². The number of anilines is 9. The molecule has 0 saturated heterocycles. The summed E-state index contributed by atoms with van der Waals surface area (Å²) in [7, 11) is 0. The van der Waals surface area contributed by atoms with E-state index in [9.17, 15) is 0 Å². The largest absolute Gasteiger partial charge is 0.311 e. The predicted molar refractivity (Wildman–Crippen MR) is 260 cm³/mol. The smallest absolute Gasteiger partial charge is 0.252 e. The zero-order valence-electron chi connectivity index (χ0n) is 34.3. The van der Waals surface area contributed by atoms with Crippen molar-refractivity contribution < 1.29 is 0 Å². The van der Waals surface area contributed by atoms with E-state index in [0.717, 1.165) is 12.8 Å². The topological polar surface area (TPSA) is 14.7 Å². The quantitative estimate of drug-likeness (QED) is 0.166. The number of aryl methyl sites for hydroxylation is 1. The van der Waals surface area contributed by atoms with E-state index in [2.05, 4.69) is 220 Å². The molecule has 14 rings (SSSR count).